The topological polar surface area (TPSA) is 93.9 Å². The van der Waals surface area contributed by atoms with Crippen LogP contribution in [0.5, 0.6) is 11.5 Å². The lowest BCUT2D eigenvalue weighted by Crippen LogP contribution is -2.39. The van der Waals surface area contributed by atoms with Gasteiger partial charge in [-0.25, -0.2) is 0 Å². The van der Waals surface area contributed by atoms with Crippen molar-refractivity contribution < 1.29 is 19.2 Å². The van der Waals surface area contributed by atoms with Crippen molar-refractivity contribution >= 4 is 17.7 Å². The van der Waals surface area contributed by atoms with Gasteiger partial charge >= 0.3 is 0 Å². The first-order valence-corrected chi connectivity index (χ1v) is 9.32. The van der Waals surface area contributed by atoms with Gasteiger partial charge in [0.1, 0.15) is 0 Å². The molecule has 0 bridgehead atoms. The molecule has 0 spiro atoms. The number of nitro groups is 1. The Balaban J connectivity index is 1.50. The van der Waals surface area contributed by atoms with E-state index in [1.165, 1.54) is 43.5 Å². The summed E-state index contributed by atoms with van der Waals surface area (Å²) in [6.45, 7) is 4.96. The van der Waals surface area contributed by atoms with Crippen LogP contribution in [0.1, 0.15) is 38.2 Å². The average Bonchev–Trinajstić information content (AvgIpc) is 3.11. The molecule has 8 heteroatoms. The maximum absolute atomic E-state index is 12.0. The van der Waals surface area contributed by atoms with E-state index >= 15 is 0 Å². The molecule has 0 aliphatic carbocycles. The molecule has 1 saturated heterocycles. The summed E-state index contributed by atoms with van der Waals surface area (Å²) in [4.78, 5) is 25.2. The highest BCUT2D eigenvalue weighted by Gasteiger charge is 2.22. The van der Waals surface area contributed by atoms with Crippen LogP contribution in [0.3, 0.4) is 0 Å². The summed E-state index contributed by atoms with van der Waals surface area (Å²) in [5, 5.41) is 14.1. The Bertz CT molecular complexity index is 734. The maximum Gasteiger partial charge on any atom is 0.280 e. The van der Waals surface area contributed by atoms with Crippen molar-refractivity contribution in [3.8, 4) is 11.5 Å². The smallest absolute Gasteiger partial charge is 0.280 e. The minimum absolute atomic E-state index is 0.0375. The largest absolute Gasteiger partial charge is 0.454 e. The first-order valence-electron chi connectivity index (χ1n) is 9.32. The van der Waals surface area contributed by atoms with Crippen molar-refractivity contribution in [3.63, 3.8) is 0 Å². The number of fused-ring (bicyclic) bond motifs is 1. The molecule has 2 heterocycles. The molecule has 2 aliphatic rings. The number of benzene rings is 1. The Hall–Kier alpha value is -2.61. The highest BCUT2D eigenvalue weighted by Crippen LogP contribution is 2.38. The minimum atomic E-state index is -0.501. The van der Waals surface area contributed by atoms with Gasteiger partial charge < -0.3 is 19.7 Å². The number of amides is 1. The van der Waals surface area contributed by atoms with Crippen molar-refractivity contribution in [2.75, 3.05) is 26.4 Å². The Morgan fingerprint density at radius 1 is 1.37 bits per heavy atom. The van der Waals surface area contributed by atoms with Crippen LogP contribution in [-0.2, 0) is 4.79 Å². The molecule has 1 fully saturated rings. The quantitative estimate of drug-likeness (QED) is 0.341. The van der Waals surface area contributed by atoms with Crippen LogP contribution in [0.2, 0.25) is 0 Å². The van der Waals surface area contributed by atoms with E-state index in [9.17, 15) is 14.9 Å². The predicted octanol–water partition coefficient (Wildman–Crippen LogP) is 2.72. The van der Waals surface area contributed by atoms with Gasteiger partial charge in [-0.1, -0.05) is 6.42 Å². The number of nitrogens with one attached hydrogen (secondary N) is 1. The highest BCUT2D eigenvalue weighted by atomic mass is 16.7. The van der Waals surface area contributed by atoms with Crippen LogP contribution < -0.4 is 14.8 Å². The molecular weight excluding hydrogens is 350 g/mol. The van der Waals surface area contributed by atoms with Gasteiger partial charge in [-0.3, -0.25) is 14.9 Å². The SMILES string of the molecule is C[C@H]1CCCCN1CCCNC(=O)/C=C/c1cc2c(cc1[N+](=O)[O-])OCO2. The number of ether oxygens (including phenoxy) is 2. The number of hydrogen-bond acceptors (Lipinski definition) is 6. The number of nitrogens with zero attached hydrogens (tertiary/aromatic N) is 2. The molecular formula is C19H25N3O5. The summed E-state index contributed by atoms with van der Waals surface area (Å²) in [5.41, 5.74) is 0.184. The molecule has 1 aromatic carbocycles. The highest BCUT2D eigenvalue weighted by molar-refractivity contribution is 5.92. The molecule has 1 aromatic rings. The third-order valence-electron chi connectivity index (χ3n) is 4.99. The molecule has 1 amide bonds. The molecule has 146 valence electrons. The number of carbonyl (C=O) groups excluding carboxylic acids is 1. The van der Waals surface area contributed by atoms with Gasteiger partial charge in [0, 0.05) is 25.2 Å². The zero-order valence-corrected chi connectivity index (χ0v) is 15.5. The zero-order valence-electron chi connectivity index (χ0n) is 15.5. The Kier molecular flexibility index (Phi) is 6.28. The zero-order chi connectivity index (χ0) is 19.2. The van der Waals surface area contributed by atoms with Crippen molar-refractivity contribution in [1.82, 2.24) is 10.2 Å². The summed E-state index contributed by atoms with van der Waals surface area (Å²) in [5.74, 6) is 0.514. The van der Waals surface area contributed by atoms with Crippen molar-refractivity contribution in [2.45, 2.75) is 38.6 Å². The number of rotatable bonds is 7. The van der Waals surface area contributed by atoms with E-state index in [1.807, 2.05) is 0 Å². The summed E-state index contributed by atoms with van der Waals surface area (Å²) >= 11 is 0. The lowest BCUT2D eigenvalue weighted by molar-refractivity contribution is -0.385. The van der Waals surface area contributed by atoms with Gasteiger partial charge in [0.2, 0.25) is 12.7 Å². The summed E-state index contributed by atoms with van der Waals surface area (Å²) < 4.78 is 10.4. The first-order chi connectivity index (χ1) is 13.0. The second-order valence-corrected chi connectivity index (χ2v) is 6.88. The Morgan fingerprint density at radius 3 is 2.89 bits per heavy atom. The normalized spacial score (nSPS) is 19.4. The van der Waals surface area contributed by atoms with Crippen LogP contribution in [0.15, 0.2) is 18.2 Å². The molecule has 2 aliphatic heterocycles. The van der Waals surface area contributed by atoms with Crippen molar-refractivity contribution in [2.24, 2.45) is 0 Å². The third-order valence-corrected chi connectivity index (χ3v) is 4.99. The van der Waals surface area contributed by atoms with Crippen molar-refractivity contribution in [3.05, 3.63) is 33.9 Å². The Labute approximate surface area is 158 Å². The van der Waals surface area contributed by atoms with Gasteiger partial charge in [-0.05, 0) is 44.9 Å². The summed E-state index contributed by atoms with van der Waals surface area (Å²) in [6, 6.07) is 3.45. The fourth-order valence-corrected chi connectivity index (χ4v) is 3.45. The molecule has 8 nitrogen and oxygen atoms in total. The lowest BCUT2D eigenvalue weighted by atomic mass is 10.0. The van der Waals surface area contributed by atoms with Crippen LogP contribution in [0, 0.1) is 10.1 Å². The van der Waals surface area contributed by atoms with E-state index in [4.69, 9.17) is 9.47 Å². The monoisotopic (exact) mass is 375 g/mol. The number of nitro benzene ring substituents is 1. The predicted molar refractivity (Wildman–Crippen MR) is 101 cm³/mol. The number of hydrogen-bond donors (Lipinski definition) is 1. The number of likely N-dealkylation sites (tertiary alicyclic amines) is 1. The molecule has 0 unspecified atom stereocenters. The third kappa shape index (κ3) is 4.97. The molecule has 0 radical (unpaired) electrons. The summed E-state index contributed by atoms with van der Waals surface area (Å²) in [7, 11) is 0. The Morgan fingerprint density at radius 2 is 2.15 bits per heavy atom. The molecule has 0 saturated carbocycles. The first kappa shape index (κ1) is 19.2. The van der Waals surface area contributed by atoms with Gasteiger partial charge in [0.05, 0.1) is 16.6 Å². The fraction of sp³-hybridized carbons (Fsp3) is 0.526. The lowest BCUT2D eigenvalue weighted by Gasteiger charge is -2.33. The van der Waals surface area contributed by atoms with Gasteiger partial charge in [0.25, 0.3) is 5.69 Å². The molecule has 1 N–H and O–H groups in total. The molecule has 0 aromatic heterocycles. The fourth-order valence-electron chi connectivity index (χ4n) is 3.45. The van der Waals surface area contributed by atoms with E-state index in [0.717, 1.165) is 19.5 Å². The van der Waals surface area contributed by atoms with E-state index in [2.05, 4.69) is 17.1 Å². The average molecular weight is 375 g/mol. The number of carbonyl (C=O) groups is 1. The second kappa shape index (κ2) is 8.85. The van der Waals surface area contributed by atoms with Gasteiger partial charge in [-0.2, -0.15) is 0 Å². The van der Waals surface area contributed by atoms with Crippen LogP contribution >= 0.6 is 0 Å². The van der Waals surface area contributed by atoms with Gasteiger partial charge in [0.15, 0.2) is 11.5 Å². The van der Waals surface area contributed by atoms with Crippen LogP contribution in [-0.4, -0.2) is 48.2 Å². The van der Waals surface area contributed by atoms with Crippen molar-refractivity contribution in [1.29, 1.82) is 0 Å². The molecule has 3 rings (SSSR count). The van der Waals surface area contributed by atoms with E-state index in [0.29, 0.717) is 29.6 Å². The van der Waals surface area contributed by atoms with E-state index in [1.54, 1.807) is 0 Å². The molecule has 27 heavy (non-hydrogen) atoms. The maximum atomic E-state index is 12.0. The standard InChI is InChI=1S/C19H25N3O5/c1-14-5-2-3-9-21(14)10-4-8-20-19(23)7-6-15-11-17-18(27-13-26-17)12-16(15)22(24)25/h6-7,11-12,14H,2-5,8-10,13H2,1H3,(H,20,23)/b7-6+/t14-/m0/s1. The van der Waals surface area contributed by atoms with E-state index in [-0.39, 0.29) is 18.4 Å². The second-order valence-electron chi connectivity index (χ2n) is 6.88. The number of piperidine rings is 1. The van der Waals surface area contributed by atoms with Crippen LogP contribution in [0.4, 0.5) is 5.69 Å². The van der Waals surface area contributed by atoms with E-state index < -0.39 is 4.92 Å². The minimum Gasteiger partial charge on any atom is -0.454 e. The van der Waals surface area contributed by atoms with Crippen LogP contribution in [0.25, 0.3) is 6.08 Å². The van der Waals surface area contributed by atoms with Gasteiger partial charge in [-0.15, -0.1) is 0 Å². The summed E-state index contributed by atoms with van der Waals surface area (Å²) in [6.07, 6.45) is 7.41. The molecule has 1 atom stereocenters.